The van der Waals surface area contributed by atoms with Crippen LogP contribution in [-0.4, -0.2) is 24.4 Å². The second-order valence-electron chi connectivity index (χ2n) is 2.41. The van der Waals surface area contributed by atoms with Gasteiger partial charge in [0.2, 0.25) is 5.78 Å². The smallest absolute Gasteiger partial charge is 0.374 e. The van der Waals surface area contributed by atoms with Gasteiger partial charge < -0.3 is 4.74 Å². The Hall–Kier alpha value is 0.227. The first-order valence-electron chi connectivity index (χ1n) is 3.57. The Kier molecular flexibility index (Phi) is 5.95. The van der Waals surface area contributed by atoms with E-state index in [1.807, 2.05) is 0 Å². The van der Waals surface area contributed by atoms with Crippen LogP contribution in [0.25, 0.3) is 0 Å². The molecule has 3 nitrogen and oxygen atoms in total. The van der Waals surface area contributed by atoms with Crippen LogP contribution in [0.4, 0.5) is 0 Å². The molecule has 0 fully saturated rings. The predicted molar refractivity (Wildman–Crippen MR) is 54.4 cm³/mol. The van der Waals surface area contributed by atoms with Crippen molar-refractivity contribution >= 4 is 51.0 Å². The second kappa shape index (κ2) is 5.85. The number of hydrogen-bond acceptors (Lipinski definition) is 3. The van der Waals surface area contributed by atoms with Crippen LogP contribution in [0.15, 0.2) is 0 Å². The molecule has 0 aromatic rings. The number of halogens is 3. The topological polar surface area (TPSA) is 43.4 Å². The van der Waals surface area contributed by atoms with Crippen molar-refractivity contribution in [3.63, 3.8) is 0 Å². The average Bonchev–Trinajstić information content (AvgIpc) is 1.95. The molecule has 0 saturated carbocycles. The number of esters is 1. The maximum absolute atomic E-state index is 10.6. The van der Waals surface area contributed by atoms with Crippen LogP contribution >= 0.6 is 33.2 Å². The molecule has 0 atom stereocenters. The summed E-state index contributed by atoms with van der Waals surface area (Å²) in [4.78, 5) is 21.0. The minimum absolute atomic E-state index is 0.124. The maximum Gasteiger partial charge on any atom is 0.374 e. The van der Waals surface area contributed by atoms with Crippen molar-refractivity contribution in [1.29, 1.82) is 0 Å². The Morgan fingerprint density at radius 1 is 1.31 bits per heavy atom. The lowest BCUT2D eigenvalue weighted by Crippen LogP contribution is -2.16. The van der Waals surface area contributed by atoms with Gasteiger partial charge in [0, 0.05) is 6.92 Å². The number of ether oxygens (including phenoxy) is 1. The Morgan fingerprint density at radius 2 is 1.85 bits per heavy atom. The van der Waals surface area contributed by atoms with E-state index in [4.69, 9.17) is 33.2 Å². The summed E-state index contributed by atoms with van der Waals surface area (Å²) in [6, 6.07) is -2.20. The molecule has 7 heteroatoms. The zero-order valence-corrected chi connectivity index (χ0v) is 10.2. The van der Waals surface area contributed by atoms with E-state index in [1.54, 1.807) is 0 Å². The quantitative estimate of drug-likeness (QED) is 0.251. The lowest BCUT2D eigenvalue weighted by Gasteiger charge is -2.06. The van der Waals surface area contributed by atoms with Gasteiger partial charge in [-0.25, -0.2) is 4.79 Å². The molecule has 0 aromatic carbocycles. The van der Waals surface area contributed by atoms with Gasteiger partial charge >= 0.3 is 12.0 Å². The molecule has 0 radical (unpaired) electrons. The first-order valence-corrected chi connectivity index (χ1v) is 8.81. The number of rotatable bonds is 5. The highest BCUT2D eigenvalue weighted by atomic mass is 35.8. The van der Waals surface area contributed by atoms with Gasteiger partial charge in [-0.3, -0.25) is 4.79 Å². The van der Waals surface area contributed by atoms with Crippen LogP contribution in [0.3, 0.4) is 0 Å². The minimum atomic E-state index is -2.62. The molecule has 0 spiro atoms. The van der Waals surface area contributed by atoms with E-state index >= 15 is 0 Å². The largest absolute Gasteiger partial charge is 0.460 e. The number of carbonyl (C=O) groups is 2. The zero-order chi connectivity index (χ0) is 10.5. The fraction of sp³-hybridized carbons (Fsp3) is 0.667. The summed E-state index contributed by atoms with van der Waals surface area (Å²) in [6.07, 6.45) is 0.474. The molecule has 0 N–H and O–H groups in total. The molecule has 0 saturated heterocycles. The lowest BCUT2D eigenvalue weighted by molar-refractivity contribution is -0.152. The minimum Gasteiger partial charge on any atom is -0.460 e. The van der Waals surface area contributed by atoms with Crippen molar-refractivity contribution in [3.05, 3.63) is 0 Å². The fourth-order valence-corrected chi connectivity index (χ4v) is 2.29. The third-order valence-corrected chi connectivity index (χ3v) is 3.75. The summed E-state index contributed by atoms with van der Waals surface area (Å²) in [7, 11) is 0. The van der Waals surface area contributed by atoms with E-state index in [-0.39, 0.29) is 6.61 Å². The lowest BCUT2D eigenvalue weighted by atomic mass is 10.4. The Balaban J connectivity index is 3.47. The zero-order valence-electron chi connectivity index (χ0n) is 6.98. The summed E-state index contributed by atoms with van der Waals surface area (Å²) in [5, 5.41) is 0. The van der Waals surface area contributed by atoms with Gasteiger partial charge in [0.05, 0.1) is 6.61 Å². The molecule has 0 aliphatic carbocycles. The normalized spacial score (nSPS) is 11.1. The Bertz CT molecular complexity index is 202. The van der Waals surface area contributed by atoms with Crippen molar-refractivity contribution in [1.82, 2.24) is 0 Å². The van der Waals surface area contributed by atoms with E-state index in [0.717, 1.165) is 6.92 Å². The van der Waals surface area contributed by atoms with Gasteiger partial charge in [0.1, 0.15) is 0 Å². The Morgan fingerprint density at radius 3 is 2.23 bits per heavy atom. The van der Waals surface area contributed by atoms with E-state index in [0.29, 0.717) is 12.5 Å². The van der Waals surface area contributed by atoms with Gasteiger partial charge in [-0.1, -0.05) is 0 Å². The molecule has 0 rings (SSSR count). The van der Waals surface area contributed by atoms with Crippen LogP contribution in [-0.2, 0) is 14.3 Å². The van der Waals surface area contributed by atoms with E-state index in [9.17, 15) is 9.59 Å². The molecular weight excluding hydrogens is 255 g/mol. The molecular formula is C6H9Cl3O3Si. The van der Waals surface area contributed by atoms with Crippen LogP contribution in [0.1, 0.15) is 13.3 Å². The van der Waals surface area contributed by atoms with E-state index in [1.165, 1.54) is 0 Å². The average molecular weight is 264 g/mol. The molecule has 0 unspecified atom stereocenters. The van der Waals surface area contributed by atoms with Gasteiger partial charge in [-0.2, -0.15) is 0 Å². The number of carbonyl (C=O) groups excluding carboxylic acids is 2. The molecule has 0 amide bonds. The van der Waals surface area contributed by atoms with Crippen molar-refractivity contribution in [2.75, 3.05) is 6.61 Å². The van der Waals surface area contributed by atoms with Crippen LogP contribution < -0.4 is 0 Å². The summed E-state index contributed by atoms with van der Waals surface area (Å²) < 4.78 is 4.56. The molecule has 0 heterocycles. The highest BCUT2D eigenvalue weighted by molar-refractivity contribution is 7.64. The monoisotopic (exact) mass is 262 g/mol. The van der Waals surface area contributed by atoms with Crippen molar-refractivity contribution in [2.45, 2.75) is 19.4 Å². The Labute approximate surface area is 91.4 Å². The molecule has 0 aliphatic rings. The highest BCUT2D eigenvalue weighted by Crippen LogP contribution is 2.26. The van der Waals surface area contributed by atoms with Crippen molar-refractivity contribution in [3.8, 4) is 0 Å². The van der Waals surface area contributed by atoms with Gasteiger partial charge in [-0.05, 0) is 12.5 Å². The maximum atomic E-state index is 10.6. The van der Waals surface area contributed by atoms with Gasteiger partial charge in [0.25, 0.3) is 0 Å². The molecule has 13 heavy (non-hydrogen) atoms. The third kappa shape index (κ3) is 8.55. The van der Waals surface area contributed by atoms with Gasteiger partial charge in [-0.15, -0.1) is 33.2 Å². The van der Waals surface area contributed by atoms with Crippen LogP contribution in [0.5, 0.6) is 0 Å². The fourth-order valence-electron chi connectivity index (χ4n) is 0.539. The standard InChI is InChI=1S/C6H9Cl3O3Si/c1-5(10)6(11)12-3-2-4-13(7,8)9/h2-4H2,1H3. The predicted octanol–water partition coefficient (Wildman–Crippen LogP) is 2.16. The third-order valence-electron chi connectivity index (χ3n) is 1.13. The number of ketones is 1. The molecule has 0 aliphatic heterocycles. The van der Waals surface area contributed by atoms with Gasteiger partial charge in [0.15, 0.2) is 0 Å². The first-order chi connectivity index (χ1) is 5.83. The van der Waals surface area contributed by atoms with Crippen molar-refractivity contribution in [2.24, 2.45) is 0 Å². The summed E-state index contributed by atoms with van der Waals surface area (Å²) in [5.41, 5.74) is 0. The van der Waals surface area contributed by atoms with Crippen LogP contribution in [0, 0.1) is 0 Å². The van der Waals surface area contributed by atoms with Crippen molar-refractivity contribution < 1.29 is 14.3 Å². The SMILES string of the molecule is CC(=O)C(=O)OCCC[Si](Cl)(Cl)Cl. The number of hydrogen-bond donors (Lipinski definition) is 0. The van der Waals surface area contributed by atoms with E-state index in [2.05, 4.69) is 4.74 Å². The summed E-state index contributed by atoms with van der Waals surface area (Å²) >= 11 is 16.7. The van der Waals surface area contributed by atoms with E-state index < -0.39 is 17.8 Å². The molecule has 0 aromatic heterocycles. The number of Topliss-reactive ketones (excluding diaryl/α,β-unsaturated/α-hetero) is 1. The summed E-state index contributed by atoms with van der Waals surface area (Å²) in [6.45, 7) is 1.27. The summed E-state index contributed by atoms with van der Waals surface area (Å²) in [5.74, 6) is -1.46. The van der Waals surface area contributed by atoms with Crippen LogP contribution in [0.2, 0.25) is 6.04 Å². The molecule has 76 valence electrons. The molecule has 0 bridgehead atoms. The highest BCUT2D eigenvalue weighted by Gasteiger charge is 2.24. The second-order valence-corrected chi connectivity index (χ2v) is 11.7. The first kappa shape index (κ1) is 13.2.